The molecule has 0 amide bonds. The molecule has 20 heavy (non-hydrogen) atoms. The summed E-state index contributed by atoms with van der Waals surface area (Å²) >= 11 is 1.77. The van der Waals surface area contributed by atoms with Gasteiger partial charge in [-0.15, -0.1) is 11.3 Å². The fourth-order valence-electron chi connectivity index (χ4n) is 2.23. The number of thiazole rings is 1. The van der Waals surface area contributed by atoms with Crippen LogP contribution in [0.3, 0.4) is 0 Å². The fourth-order valence-corrected chi connectivity index (χ4v) is 3.21. The minimum atomic E-state index is 0.106. The lowest BCUT2D eigenvalue weighted by Gasteiger charge is -2.22. The number of nitrogens with one attached hydrogen (secondary N) is 1. The molecule has 0 saturated heterocycles. The highest BCUT2D eigenvalue weighted by Crippen LogP contribution is 2.28. The average Bonchev–Trinajstić information content (AvgIpc) is 2.91. The van der Waals surface area contributed by atoms with Crippen LogP contribution in [0.5, 0.6) is 0 Å². The maximum Gasteiger partial charge on any atom is 0.0954 e. The van der Waals surface area contributed by atoms with Gasteiger partial charge in [0.15, 0.2) is 0 Å². The molecule has 2 aromatic heterocycles. The Kier molecular flexibility index (Phi) is 4.30. The Morgan fingerprint density at radius 3 is 2.60 bits per heavy atom. The highest BCUT2D eigenvalue weighted by molar-refractivity contribution is 7.11. The maximum atomic E-state index is 4.53. The van der Waals surface area contributed by atoms with Gasteiger partial charge in [-0.25, -0.2) is 9.97 Å². The first kappa shape index (κ1) is 15.2. The van der Waals surface area contributed by atoms with Gasteiger partial charge in [-0.2, -0.15) is 0 Å². The van der Waals surface area contributed by atoms with E-state index in [0.29, 0.717) is 0 Å². The molecule has 1 unspecified atom stereocenters. The van der Waals surface area contributed by atoms with E-state index in [1.54, 1.807) is 11.3 Å². The van der Waals surface area contributed by atoms with Crippen molar-refractivity contribution in [2.24, 2.45) is 0 Å². The second-order valence-corrected chi connectivity index (χ2v) is 7.49. The summed E-state index contributed by atoms with van der Waals surface area (Å²) in [6, 6.07) is 0.278. The van der Waals surface area contributed by atoms with Crippen LogP contribution in [0, 0.1) is 13.8 Å². The van der Waals surface area contributed by atoms with Crippen LogP contribution in [0.4, 0.5) is 0 Å². The number of hydrogen-bond donors (Lipinski definition) is 1. The standard InChI is InChI=1S/C15H24N4S/c1-10-14(20-12(3)18-10)11(2)19-9-16-7-13(19)8-17-15(4,5)6/h7,9,11,17H,8H2,1-6H3. The predicted octanol–water partition coefficient (Wildman–Crippen LogP) is 3.45. The molecule has 0 aliphatic rings. The van der Waals surface area contributed by atoms with E-state index >= 15 is 0 Å². The lowest BCUT2D eigenvalue weighted by molar-refractivity contribution is 0.413. The van der Waals surface area contributed by atoms with Crippen LogP contribution in [-0.2, 0) is 6.54 Å². The molecule has 2 rings (SSSR count). The number of aryl methyl sites for hydroxylation is 2. The summed E-state index contributed by atoms with van der Waals surface area (Å²) in [4.78, 5) is 10.2. The largest absolute Gasteiger partial charge is 0.325 e. The molecule has 5 heteroatoms. The minimum absolute atomic E-state index is 0.106. The molecule has 0 aromatic carbocycles. The summed E-state index contributed by atoms with van der Waals surface area (Å²) < 4.78 is 2.23. The Morgan fingerprint density at radius 2 is 2.05 bits per heavy atom. The van der Waals surface area contributed by atoms with Crippen LogP contribution in [0.25, 0.3) is 0 Å². The Balaban J connectivity index is 2.21. The smallest absolute Gasteiger partial charge is 0.0954 e. The Hall–Kier alpha value is -1.20. The van der Waals surface area contributed by atoms with Gasteiger partial charge in [0.25, 0.3) is 0 Å². The van der Waals surface area contributed by atoms with E-state index < -0.39 is 0 Å². The third-order valence-electron chi connectivity index (χ3n) is 3.28. The maximum absolute atomic E-state index is 4.53. The van der Waals surface area contributed by atoms with Crippen molar-refractivity contribution in [1.29, 1.82) is 0 Å². The van der Waals surface area contributed by atoms with Crippen molar-refractivity contribution < 1.29 is 0 Å². The van der Waals surface area contributed by atoms with E-state index in [2.05, 4.69) is 61.4 Å². The van der Waals surface area contributed by atoms with Gasteiger partial charge in [-0.1, -0.05) is 0 Å². The van der Waals surface area contributed by atoms with Crippen molar-refractivity contribution in [1.82, 2.24) is 19.9 Å². The molecule has 0 aliphatic heterocycles. The molecular formula is C15H24N4S. The van der Waals surface area contributed by atoms with Crippen molar-refractivity contribution in [3.05, 3.63) is 33.8 Å². The SMILES string of the molecule is Cc1nc(C)c(C(C)n2cncc2CNC(C)(C)C)s1. The van der Waals surface area contributed by atoms with E-state index in [1.807, 2.05) is 12.5 Å². The fraction of sp³-hybridized carbons (Fsp3) is 0.600. The van der Waals surface area contributed by atoms with Gasteiger partial charge in [-0.3, -0.25) is 0 Å². The molecule has 0 aliphatic carbocycles. The van der Waals surface area contributed by atoms with Gasteiger partial charge >= 0.3 is 0 Å². The number of rotatable bonds is 4. The van der Waals surface area contributed by atoms with Crippen molar-refractivity contribution in [3.8, 4) is 0 Å². The van der Waals surface area contributed by atoms with E-state index in [9.17, 15) is 0 Å². The highest BCUT2D eigenvalue weighted by Gasteiger charge is 2.18. The van der Waals surface area contributed by atoms with Crippen LogP contribution in [0.15, 0.2) is 12.5 Å². The zero-order valence-electron chi connectivity index (χ0n) is 13.2. The monoisotopic (exact) mass is 292 g/mol. The average molecular weight is 292 g/mol. The Labute approximate surface area is 125 Å². The summed E-state index contributed by atoms with van der Waals surface area (Å²) in [5, 5.41) is 4.64. The number of aromatic nitrogens is 3. The molecule has 0 bridgehead atoms. The van der Waals surface area contributed by atoms with E-state index in [-0.39, 0.29) is 11.6 Å². The predicted molar refractivity (Wildman–Crippen MR) is 84.2 cm³/mol. The van der Waals surface area contributed by atoms with Gasteiger partial charge in [0, 0.05) is 18.3 Å². The van der Waals surface area contributed by atoms with Crippen LogP contribution in [-0.4, -0.2) is 20.1 Å². The Bertz CT molecular complexity index is 577. The zero-order valence-corrected chi connectivity index (χ0v) is 14.0. The topological polar surface area (TPSA) is 42.7 Å². The number of nitrogens with zero attached hydrogens (tertiary/aromatic N) is 3. The molecule has 110 valence electrons. The molecule has 1 N–H and O–H groups in total. The van der Waals surface area contributed by atoms with Crippen molar-refractivity contribution in [2.75, 3.05) is 0 Å². The zero-order chi connectivity index (χ0) is 14.9. The molecule has 1 atom stereocenters. The first-order valence-electron chi connectivity index (χ1n) is 6.97. The molecule has 0 spiro atoms. The third kappa shape index (κ3) is 3.46. The molecule has 4 nitrogen and oxygen atoms in total. The van der Waals surface area contributed by atoms with Crippen molar-refractivity contribution >= 4 is 11.3 Å². The van der Waals surface area contributed by atoms with Gasteiger partial charge in [0.1, 0.15) is 0 Å². The van der Waals surface area contributed by atoms with Crippen LogP contribution < -0.4 is 5.32 Å². The molecular weight excluding hydrogens is 268 g/mol. The summed E-state index contributed by atoms with van der Waals surface area (Å²) in [6.45, 7) is 13.7. The first-order valence-corrected chi connectivity index (χ1v) is 7.79. The van der Waals surface area contributed by atoms with Gasteiger partial charge in [-0.05, 0) is 41.5 Å². The van der Waals surface area contributed by atoms with E-state index in [4.69, 9.17) is 0 Å². The first-order chi connectivity index (χ1) is 9.28. The second kappa shape index (κ2) is 5.66. The lowest BCUT2D eigenvalue weighted by Crippen LogP contribution is -2.35. The van der Waals surface area contributed by atoms with Crippen LogP contribution in [0.1, 0.15) is 55.0 Å². The van der Waals surface area contributed by atoms with Crippen molar-refractivity contribution in [2.45, 2.75) is 59.7 Å². The third-order valence-corrected chi connectivity index (χ3v) is 4.53. The summed E-state index contributed by atoms with van der Waals surface area (Å²) in [7, 11) is 0. The molecule has 0 radical (unpaired) electrons. The molecule has 0 saturated carbocycles. The number of hydrogen-bond acceptors (Lipinski definition) is 4. The van der Waals surface area contributed by atoms with E-state index in [1.165, 1.54) is 10.6 Å². The summed E-state index contributed by atoms with van der Waals surface area (Å²) in [5.41, 5.74) is 2.44. The van der Waals surface area contributed by atoms with Gasteiger partial charge in [0.2, 0.25) is 0 Å². The quantitative estimate of drug-likeness (QED) is 0.938. The van der Waals surface area contributed by atoms with Gasteiger partial charge < -0.3 is 9.88 Å². The summed E-state index contributed by atoms with van der Waals surface area (Å²) in [5.74, 6) is 0. The highest BCUT2D eigenvalue weighted by atomic mass is 32.1. The lowest BCUT2D eigenvalue weighted by atomic mass is 10.1. The Morgan fingerprint density at radius 1 is 1.35 bits per heavy atom. The molecule has 0 fully saturated rings. The van der Waals surface area contributed by atoms with Gasteiger partial charge in [0.05, 0.1) is 33.6 Å². The number of imidazole rings is 1. The second-order valence-electron chi connectivity index (χ2n) is 6.25. The molecule has 2 heterocycles. The minimum Gasteiger partial charge on any atom is -0.325 e. The van der Waals surface area contributed by atoms with Crippen molar-refractivity contribution in [3.63, 3.8) is 0 Å². The van der Waals surface area contributed by atoms with E-state index in [0.717, 1.165) is 17.2 Å². The normalized spacial score (nSPS) is 13.7. The van der Waals surface area contributed by atoms with Crippen LogP contribution in [0.2, 0.25) is 0 Å². The molecule has 2 aromatic rings. The summed E-state index contributed by atoms with van der Waals surface area (Å²) in [6.07, 6.45) is 3.86. The van der Waals surface area contributed by atoms with Crippen LogP contribution >= 0.6 is 11.3 Å².